The monoisotopic (exact) mass is 170 g/mol. The summed E-state index contributed by atoms with van der Waals surface area (Å²) in [6, 6.07) is 0. The molecule has 0 unspecified atom stereocenters. The zero-order valence-electron chi connectivity index (χ0n) is 7.59. The molecular weight excluding hydrogens is 156 g/mol. The van der Waals surface area contributed by atoms with Crippen LogP contribution in [0.1, 0.15) is 0 Å². The van der Waals surface area contributed by atoms with E-state index >= 15 is 0 Å². The molecule has 0 aromatic rings. The van der Waals surface area contributed by atoms with Crippen molar-refractivity contribution < 1.29 is 9.90 Å². The molecule has 0 aliphatic carbocycles. The third-order valence-electron chi connectivity index (χ3n) is 1.35. The lowest BCUT2D eigenvalue weighted by Crippen LogP contribution is -2.17. The fraction of sp³-hybridized carbons (Fsp3) is 0.375. The van der Waals surface area contributed by atoms with Gasteiger partial charge in [-0.3, -0.25) is 4.79 Å². The molecule has 0 bridgehead atoms. The highest BCUT2D eigenvalue weighted by Gasteiger charge is 2.03. The van der Waals surface area contributed by atoms with E-state index in [1.54, 1.807) is 19.0 Å². The summed E-state index contributed by atoms with van der Waals surface area (Å²) in [5, 5.41) is 11.6. The molecule has 4 heteroatoms. The molecule has 1 amide bonds. The molecular formula is C8H14N2O2. The van der Waals surface area contributed by atoms with Crippen LogP contribution in [0.15, 0.2) is 24.1 Å². The molecule has 68 valence electrons. The average molecular weight is 170 g/mol. The minimum atomic E-state index is -0.351. The standard InChI is InChI=1S/C8H14N2O2/c1-6(10(3)4)7(11)5-8(12)9-2/h5,11H,1H2,2-4H3,(H,9,12)/b7-5-. The SMILES string of the molecule is C=C(/C(O)=C/C(=O)NC)N(C)C. The van der Waals surface area contributed by atoms with E-state index < -0.39 is 0 Å². The highest BCUT2D eigenvalue weighted by molar-refractivity contribution is 5.88. The van der Waals surface area contributed by atoms with E-state index in [0.717, 1.165) is 6.08 Å². The minimum Gasteiger partial charge on any atom is -0.506 e. The molecule has 0 heterocycles. The van der Waals surface area contributed by atoms with Crippen LogP contribution >= 0.6 is 0 Å². The van der Waals surface area contributed by atoms with Crippen molar-refractivity contribution in [2.24, 2.45) is 0 Å². The zero-order chi connectivity index (χ0) is 9.72. The van der Waals surface area contributed by atoms with Gasteiger partial charge in [-0.05, 0) is 0 Å². The Bertz CT molecular complexity index is 219. The van der Waals surface area contributed by atoms with Gasteiger partial charge in [0.25, 0.3) is 0 Å². The van der Waals surface area contributed by atoms with Gasteiger partial charge in [0.15, 0.2) is 0 Å². The quantitative estimate of drug-likeness (QED) is 0.362. The number of aliphatic hydroxyl groups excluding tert-OH is 1. The second kappa shape index (κ2) is 4.43. The number of likely N-dealkylation sites (N-methyl/N-ethyl adjacent to an activating group) is 2. The van der Waals surface area contributed by atoms with Crippen molar-refractivity contribution in [3.05, 3.63) is 24.1 Å². The molecule has 0 aliphatic rings. The first kappa shape index (κ1) is 10.6. The fourth-order valence-electron chi connectivity index (χ4n) is 0.509. The van der Waals surface area contributed by atoms with Crippen LogP contribution in [-0.4, -0.2) is 37.1 Å². The van der Waals surface area contributed by atoms with Gasteiger partial charge < -0.3 is 15.3 Å². The minimum absolute atomic E-state index is 0.126. The second-order valence-electron chi connectivity index (χ2n) is 2.48. The van der Waals surface area contributed by atoms with Crippen molar-refractivity contribution in [1.29, 1.82) is 0 Å². The second-order valence-corrected chi connectivity index (χ2v) is 2.48. The van der Waals surface area contributed by atoms with Gasteiger partial charge >= 0.3 is 0 Å². The van der Waals surface area contributed by atoms with Crippen molar-refractivity contribution in [2.75, 3.05) is 21.1 Å². The summed E-state index contributed by atoms with van der Waals surface area (Å²) in [6.07, 6.45) is 1.09. The molecule has 0 saturated carbocycles. The molecule has 0 atom stereocenters. The summed E-state index contributed by atoms with van der Waals surface area (Å²) < 4.78 is 0. The molecule has 2 N–H and O–H groups in total. The van der Waals surface area contributed by atoms with Crippen molar-refractivity contribution in [1.82, 2.24) is 10.2 Å². The Morgan fingerprint density at radius 3 is 2.42 bits per heavy atom. The Balaban J connectivity index is 4.38. The number of nitrogens with zero attached hydrogens (tertiary/aromatic N) is 1. The first-order chi connectivity index (χ1) is 5.49. The number of carbonyl (C=O) groups excluding carboxylic acids is 1. The van der Waals surface area contributed by atoms with Gasteiger partial charge in [-0.15, -0.1) is 0 Å². The molecule has 12 heavy (non-hydrogen) atoms. The van der Waals surface area contributed by atoms with E-state index in [1.807, 2.05) is 0 Å². The molecule has 0 aliphatic heterocycles. The van der Waals surface area contributed by atoms with Crippen molar-refractivity contribution in [3.63, 3.8) is 0 Å². The summed E-state index contributed by atoms with van der Waals surface area (Å²) in [4.78, 5) is 12.4. The first-order valence-corrected chi connectivity index (χ1v) is 3.48. The molecule has 0 rings (SSSR count). The van der Waals surface area contributed by atoms with Gasteiger partial charge in [-0.1, -0.05) is 6.58 Å². The predicted octanol–water partition coefficient (Wildman–Crippen LogP) is 0.250. The van der Waals surface area contributed by atoms with Gasteiger partial charge in [-0.2, -0.15) is 0 Å². The summed E-state index contributed by atoms with van der Waals surface area (Å²) in [6.45, 7) is 3.57. The van der Waals surface area contributed by atoms with E-state index in [4.69, 9.17) is 0 Å². The van der Waals surface area contributed by atoms with Crippen LogP contribution in [0.5, 0.6) is 0 Å². The Hall–Kier alpha value is -1.45. The zero-order valence-corrected chi connectivity index (χ0v) is 7.59. The number of amides is 1. The topological polar surface area (TPSA) is 52.6 Å². The van der Waals surface area contributed by atoms with E-state index in [9.17, 15) is 9.90 Å². The molecule has 0 spiro atoms. The van der Waals surface area contributed by atoms with Crippen molar-refractivity contribution in [2.45, 2.75) is 0 Å². The van der Waals surface area contributed by atoms with Crippen LogP contribution in [0.4, 0.5) is 0 Å². The van der Waals surface area contributed by atoms with Gasteiger partial charge in [0.05, 0.1) is 5.70 Å². The van der Waals surface area contributed by atoms with Crippen molar-refractivity contribution >= 4 is 5.91 Å². The number of rotatable bonds is 3. The molecule has 0 saturated heterocycles. The summed E-state index contributed by atoms with van der Waals surface area (Å²) in [7, 11) is 4.96. The number of aliphatic hydroxyl groups is 1. The molecule has 0 fully saturated rings. The molecule has 4 nitrogen and oxygen atoms in total. The third-order valence-corrected chi connectivity index (χ3v) is 1.35. The van der Waals surface area contributed by atoms with Gasteiger partial charge in [-0.25, -0.2) is 0 Å². The van der Waals surface area contributed by atoms with Gasteiger partial charge in [0.2, 0.25) is 5.91 Å². The Morgan fingerprint density at radius 2 is 2.08 bits per heavy atom. The van der Waals surface area contributed by atoms with E-state index in [-0.39, 0.29) is 11.7 Å². The summed E-state index contributed by atoms with van der Waals surface area (Å²) in [5.74, 6) is -0.477. The lowest BCUT2D eigenvalue weighted by Gasteiger charge is -2.14. The number of hydrogen-bond acceptors (Lipinski definition) is 3. The molecule has 0 radical (unpaired) electrons. The van der Waals surface area contributed by atoms with E-state index in [2.05, 4.69) is 11.9 Å². The van der Waals surface area contributed by atoms with Gasteiger partial charge in [0, 0.05) is 27.2 Å². The van der Waals surface area contributed by atoms with Crippen LogP contribution in [0.2, 0.25) is 0 Å². The smallest absolute Gasteiger partial charge is 0.247 e. The maximum absolute atomic E-state index is 10.7. The third kappa shape index (κ3) is 3.09. The maximum Gasteiger partial charge on any atom is 0.247 e. The average Bonchev–Trinajstić information content (AvgIpc) is 2.02. The lowest BCUT2D eigenvalue weighted by atomic mass is 10.3. The van der Waals surface area contributed by atoms with Crippen molar-refractivity contribution in [3.8, 4) is 0 Å². The maximum atomic E-state index is 10.7. The lowest BCUT2D eigenvalue weighted by molar-refractivity contribution is -0.116. The van der Waals surface area contributed by atoms with Crippen LogP contribution in [0.25, 0.3) is 0 Å². The van der Waals surface area contributed by atoms with Crippen LogP contribution < -0.4 is 5.32 Å². The largest absolute Gasteiger partial charge is 0.506 e. The summed E-state index contributed by atoms with van der Waals surface area (Å²) in [5.41, 5.74) is 0.401. The number of carbonyl (C=O) groups is 1. The summed E-state index contributed by atoms with van der Waals surface area (Å²) >= 11 is 0. The van der Waals surface area contributed by atoms with Gasteiger partial charge in [0.1, 0.15) is 5.76 Å². The Morgan fingerprint density at radius 1 is 1.58 bits per heavy atom. The van der Waals surface area contributed by atoms with E-state index in [1.165, 1.54) is 7.05 Å². The van der Waals surface area contributed by atoms with Crippen LogP contribution in [-0.2, 0) is 4.79 Å². The first-order valence-electron chi connectivity index (χ1n) is 3.48. The fourth-order valence-corrected chi connectivity index (χ4v) is 0.509. The number of nitrogens with one attached hydrogen (secondary N) is 1. The molecule has 0 aromatic carbocycles. The van der Waals surface area contributed by atoms with Crippen LogP contribution in [0.3, 0.4) is 0 Å². The highest BCUT2D eigenvalue weighted by Crippen LogP contribution is 2.05. The Labute approximate surface area is 72.2 Å². The van der Waals surface area contributed by atoms with E-state index in [0.29, 0.717) is 5.70 Å². The normalized spacial score (nSPS) is 10.8. The highest BCUT2D eigenvalue weighted by atomic mass is 16.3. The predicted molar refractivity (Wildman–Crippen MR) is 47.6 cm³/mol. The Kier molecular flexibility index (Phi) is 3.90. The molecule has 0 aromatic heterocycles. The number of hydrogen-bond donors (Lipinski definition) is 2. The van der Waals surface area contributed by atoms with Crippen LogP contribution in [0, 0.1) is 0 Å².